The van der Waals surface area contributed by atoms with Crippen LogP contribution in [0.5, 0.6) is 0 Å². The Morgan fingerprint density at radius 3 is 2.37 bits per heavy atom. The normalized spacial score (nSPS) is 20.3. The molecule has 0 aliphatic carbocycles. The second-order valence-corrected chi connectivity index (χ2v) is 11.7. The van der Waals surface area contributed by atoms with Gasteiger partial charge in [-0.3, -0.25) is 19.4 Å². The molecule has 1 atom stereocenters. The lowest BCUT2D eigenvalue weighted by Gasteiger charge is -2.52. The molecule has 1 aromatic carbocycles. The number of nitrogens with one attached hydrogen (secondary N) is 1. The molecule has 2 amide bonds. The van der Waals surface area contributed by atoms with Crippen LogP contribution in [0.15, 0.2) is 53.4 Å². The number of likely N-dealkylation sites (N-methyl/N-ethyl adjacent to an activating group) is 1. The van der Waals surface area contributed by atoms with Crippen molar-refractivity contribution in [3.05, 3.63) is 70.3 Å². The van der Waals surface area contributed by atoms with Crippen molar-refractivity contribution in [1.29, 1.82) is 0 Å². The van der Waals surface area contributed by atoms with E-state index in [1.807, 2.05) is 0 Å². The summed E-state index contributed by atoms with van der Waals surface area (Å²) in [6.07, 6.45) is 0.531. The second kappa shape index (κ2) is 12.9. The molecule has 43 heavy (non-hydrogen) atoms. The van der Waals surface area contributed by atoms with Gasteiger partial charge in [0.15, 0.2) is 11.5 Å². The summed E-state index contributed by atoms with van der Waals surface area (Å²) in [5.74, 6) is -5.72. The topological polar surface area (TPSA) is 169 Å². The van der Waals surface area contributed by atoms with E-state index in [0.29, 0.717) is 30.9 Å². The molecule has 0 bridgehead atoms. The molecular weight excluding hydrogens is 561 g/mol. The molecule has 1 aromatic rings. The zero-order valence-electron chi connectivity index (χ0n) is 25.1. The summed E-state index contributed by atoms with van der Waals surface area (Å²) < 4.78 is 25.7. The Labute approximate surface area is 252 Å². The average molecular weight is 597 g/mol. The molecule has 2 heterocycles. The van der Waals surface area contributed by atoms with Crippen molar-refractivity contribution < 1.29 is 48.7 Å². The van der Waals surface area contributed by atoms with E-state index in [2.05, 4.69) is 16.8 Å². The zero-order valence-corrected chi connectivity index (χ0v) is 25.1. The molecule has 5 N–H and O–H groups in total. The summed E-state index contributed by atoms with van der Waals surface area (Å²) in [6, 6.07) is 4.56. The predicted octanol–water partition coefficient (Wildman–Crippen LogP) is -2.93. The molecule has 12 nitrogen and oxygen atoms in total. The Hall–Kier alpha value is -3.68. The van der Waals surface area contributed by atoms with Gasteiger partial charge >= 0.3 is 0 Å². The molecule has 17 heteroatoms. The summed E-state index contributed by atoms with van der Waals surface area (Å²) >= 11 is 0. The highest BCUT2D eigenvalue weighted by Crippen LogP contribution is 2.52. The number of hydrogen-bond donors (Lipinski definition) is 5. The van der Waals surface area contributed by atoms with Crippen molar-refractivity contribution >= 4 is 49.5 Å². The number of carbonyl (C=O) groups is 3. The molecule has 0 radical (unpaired) electrons. The third-order valence-electron chi connectivity index (χ3n) is 8.55. The minimum Gasteiger partial charge on any atom is -0.505 e. The maximum Gasteiger partial charge on any atom is 0.283 e. The molecule has 1 unspecified atom stereocenters. The first kappa shape index (κ1) is 33.8. The predicted molar refractivity (Wildman–Crippen MR) is 165 cm³/mol. The second-order valence-electron chi connectivity index (χ2n) is 11.7. The van der Waals surface area contributed by atoms with Gasteiger partial charge in [-0.05, 0) is 22.1 Å². The molecule has 0 aromatic heterocycles. The van der Waals surface area contributed by atoms with E-state index in [0.717, 1.165) is 18.7 Å². The van der Waals surface area contributed by atoms with Crippen LogP contribution in [0.2, 0.25) is 10.4 Å². The summed E-state index contributed by atoms with van der Waals surface area (Å²) in [5.41, 5.74) is -3.02. The maximum atomic E-state index is 14.9. The minimum atomic E-state index is -2.71. The quantitative estimate of drug-likeness (QED) is 0.0772. The average Bonchev–Trinajstić information content (AvgIpc) is 3.32. The number of carbonyl (C=O) groups excluding carboxylic acids is 3. The van der Waals surface area contributed by atoms with Gasteiger partial charge in [0.05, 0.1) is 30.9 Å². The molecule has 0 spiro atoms. The van der Waals surface area contributed by atoms with Gasteiger partial charge in [-0.1, -0.05) is 18.7 Å². The summed E-state index contributed by atoms with van der Waals surface area (Å²) in [5, 5.41) is 42.6. The van der Waals surface area contributed by atoms with E-state index in [4.69, 9.17) is 9.47 Å². The first-order chi connectivity index (χ1) is 20.0. The van der Waals surface area contributed by atoms with Gasteiger partial charge in [-0.25, -0.2) is 4.39 Å². The van der Waals surface area contributed by atoms with Crippen LogP contribution in [0.4, 0.5) is 4.39 Å². The van der Waals surface area contributed by atoms with Crippen LogP contribution in [-0.4, -0.2) is 125 Å². The number of amides is 2. The number of rotatable bonds is 11. The van der Waals surface area contributed by atoms with Crippen LogP contribution in [-0.2, 0) is 37.0 Å². The van der Waals surface area contributed by atoms with E-state index < -0.39 is 75.5 Å². The highest BCUT2D eigenvalue weighted by molar-refractivity contribution is 6.60. The van der Waals surface area contributed by atoms with Crippen LogP contribution in [0.3, 0.4) is 0 Å². The molecule has 2 aliphatic heterocycles. The monoisotopic (exact) mass is 597 g/mol. The first-order valence-electron chi connectivity index (χ1n) is 13.7. The smallest absolute Gasteiger partial charge is 0.283 e. The maximum absolute atomic E-state index is 14.9. The third-order valence-corrected chi connectivity index (χ3v) is 8.55. The number of likely N-dealkylation sites (tertiary alicyclic amines) is 1. The Kier molecular flexibility index (Phi) is 10.1. The Balaban J connectivity index is 1.98. The number of halogens is 1. The van der Waals surface area contributed by atoms with E-state index in [1.54, 1.807) is 6.07 Å². The van der Waals surface area contributed by atoms with E-state index in [1.165, 1.54) is 50.6 Å². The van der Waals surface area contributed by atoms with Gasteiger partial charge in [-0.2, -0.15) is 0 Å². The Morgan fingerprint density at radius 2 is 1.84 bits per heavy atom. The van der Waals surface area contributed by atoms with Crippen LogP contribution in [0, 0.1) is 5.82 Å². The highest BCUT2D eigenvalue weighted by Gasteiger charge is 2.63. The Morgan fingerprint density at radius 1 is 1.21 bits per heavy atom. The lowest BCUT2D eigenvalue weighted by Crippen LogP contribution is -2.69. The van der Waals surface area contributed by atoms with Crippen molar-refractivity contribution in [1.82, 2.24) is 15.1 Å². The van der Waals surface area contributed by atoms with Crippen LogP contribution < -0.4 is 5.32 Å². The Bertz CT molecular complexity index is 1370. The van der Waals surface area contributed by atoms with Crippen LogP contribution in [0.25, 0.3) is 0 Å². The lowest BCUT2D eigenvalue weighted by molar-refractivity contribution is -0.174. The number of benzene rings is 1. The minimum absolute atomic E-state index is 0.0797. The van der Waals surface area contributed by atoms with E-state index >= 15 is 0 Å². The highest BCUT2D eigenvalue weighted by atomic mass is 19.1. The molecule has 2 fully saturated rings. The lowest BCUT2D eigenvalue weighted by atomic mass is 9.27. The van der Waals surface area contributed by atoms with Crippen molar-refractivity contribution in [3.8, 4) is 0 Å². The number of nitrogens with zero attached hydrogens (tertiary/aromatic N) is 2. The van der Waals surface area contributed by atoms with Gasteiger partial charge in [-0.15, -0.1) is 0 Å². The van der Waals surface area contributed by atoms with Crippen molar-refractivity contribution in [2.45, 2.75) is 29.3 Å². The van der Waals surface area contributed by atoms with Crippen molar-refractivity contribution in [3.63, 3.8) is 0 Å². The van der Waals surface area contributed by atoms with E-state index in [9.17, 15) is 39.2 Å². The number of hydrogen-bond acceptors (Lipinski definition) is 10. The fourth-order valence-corrected chi connectivity index (χ4v) is 4.97. The number of aldehydes is 1. The summed E-state index contributed by atoms with van der Waals surface area (Å²) in [7, 11) is 6.97. The molecule has 3 rings (SSSR count). The van der Waals surface area contributed by atoms with Crippen LogP contribution >= 0.6 is 0 Å². The number of morpholine rings is 1. The summed E-state index contributed by atoms with van der Waals surface area (Å²) in [4.78, 5) is 41.6. The standard InChI is InChI=1S/C26H36B4FN3O9/c1-14(36)20(37)19-17(11-34(21(19)38)25(41,23(40)32-2)26(29,30)24(27,28)13-35)22(39)43-12-16-4-3-15(9-18(16)31)10-33-5-7-42-8-6-33/h3-4,9,13,36-37,39,41H,1,5-8,10-12,27-30H2,2H3,(H,32,40)/b20-19-,22-17+. The number of ether oxygens (including phenoxy) is 2. The summed E-state index contributed by atoms with van der Waals surface area (Å²) in [6.45, 7) is 5.22. The first-order valence-corrected chi connectivity index (χ1v) is 13.7. The fourth-order valence-electron chi connectivity index (χ4n) is 4.97. The zero-order chi connectivity index (χ0) is 32.3. The SMILES string of the molecule is BC(B)(C=O)C(B)(B)C(O)(C(=O)NC)N1CC(=C(/O)OCc2ccc(CN3CCOCC3)cc2F)/C(=C(/O)C(=C)O)C1=O. The van der Waals surface area contributed by atoms with Crippen molar-refractivity contribution in [2.24, 2.45) is 0 Å². The molecule has 0 saturated carbocycles. The molecule has 2 aliphatic rings. The molecule has 2 saturated heterocycles. The molecular formula is C26H36B4FN3O9. The van der Waals surface area contributed by atoms with E-state index in [-0.39, 0.29) is 5.56 Å². The number of aliphatic hydroxyl groups is 4. The third kappa shape index (κ3) is 6.34. The molecule has 228 valence electrons. The fraction of sp³-hybridized carbons (Fsp3) is 0.423. The van der Waals surface area contributed by atoms with Gasteiger partial charge in [0.1, 0.15) is 50.1 Å². The van der Waals surface area contributed by atoms with Gasteiger partial charge in [0.2, 0.25) is 5.72 Å². The number of aliphatic hydroxyl groups excluding tert-OH is 3. The van der Waals surface area contributed by atoms with Gasteiger partial charge < -0.3 is 40.0 Å². The van der Waals surface area contributed by atoms with Crippen molar-refractivity contribution in [2.75, 3.05) is 39.9 Å². The largest absolute Gasteiger partial charge is 0.505 e. The van der Waals surface area contributed by atoms with Crippen LogP contribution in [0.1, 0.15) is 11.1 Å². The van der Waals surface area contributed by atoms with Gasteiger partial charge in [0.25, 0.3) is 17.8 Å². The van der Waals surface area contributed by atoms with Gasteiger partial charge in [0, 0.05) is 32.2 Å².